The molecule has 1 unspecified atom stereocenters. The van der Waals surface area contributed by atoms with Gasteiger partial charge in [0, 0.05) is 24.0 Å². The number of urea groups is 1. The molecule has 0 bridgehead atoms. The summed E-state index contributed by atoms with van der Waals surface area (Å²) in [7, 11) is 1.60. The zero-order valence-corrected chi connectivity index (χ0v) is 18.1. The van der Waals surface area contributed by atoms with Gasteiger partial charge in [-0.3, -0.25) is 14.2 Å². The van der Waals surface area contributed by atoms with Crippen LogP contribution in [0.1, 0.15) is 42.5 Å². The second-order valence-electron chi connectivity index (χ2n) is 7.30. The van der Waals surface area contributed by atoms with Crippen LogP contribution >= 0.6 is 0 Å². The number of methoxy groups -OCH3 is 1. The highest BCUT2D eigenvalue weighted by molar-refractivity contribution is 6.02. The third kappa shape index (κ3) is 4.97. The van der Waals surface area contributed by atoms with Crippen LogP contribution in [0.4, 0.5) is 16.2 Å². The molecular weight excluding hydrogens is 396 g/mol. The first-order valence-corrected chi connectivity index (χ1v) is 10.0. The van der Waals surface area contributed by atoms with Crippen molar-refractivity contribution in [2.45, 2.75) is 33.2 Å². The van der Waals surface area contributed by atoms with Gasteiger partial charge < -0.3 is 15.4 Å². The minimum Gasteiger partial charge on any atom is -0.383 e. The molecule has 1 atom stereocenters. The number of benzene rings is 2. The van der Waals surface area contributed by atoms with E-state index in [0.717, 1.165) is 6.42 Å². The molecule has 0 aliphatic rings. The molecule has 0 fully saturated rings. The average molecular weight is 422 g/mol. The third-order valence-corrected chi connectivity index (χ3v) is 5.06. The Kier molecular flexibility index (Phi) is 6.81. The number of carbonyl (C=O) groups is 2. The first-order chi connectivity index (χ1) is 14.8. The fourth-order valence-corrected chi connectivity index (χ4v) is 3.49. The molecular formula is C23H26N4O4. The summed E-state index contributed by atoms with van der Waals surface area (Å²) in [6.07, 6.45) is 0.724. The van der Waals surface area contributed by atoms with Gasteiger partial charge in [-0.25, -0.2) is 9.78 Å². The van der Waals surface area contributed by atoms with E-state index in [1.54, 1.807) is 61.1 Å². The van der Waals surface area contributed by atoms with Crippen LogP contribution in [0.2, 0.25) is 0 Å². The maximum Gasteiger partial charge on any atom is 0.323 e. The summed E-state index contributed by atoms with van der Waals surface area (Å²) in [6, 6.07) is 11.1. The fourth-order valence-electron chi connectivity index (χ4n) is 3.49. The molecule has 0 saturated carbocycles. The van der Waals surface area contributed by atoms with Crippen molar-refractivity contribution in [3.05, 3.63) is 64.2 Å². The number of hydrogen-bond acceptors (Lipinski definition) is 5. The molecule has 0 radical (unpaired) electrons. The number of ketones is 1. The number of hydrogen-bond donors (Lipinski definition) is 2. The van der Waals surface area contributed by atoms with Gasteiger partial charge in [-0.05, 0) is 50.6 Å². The van der Waals surface area contributed by atoms with E-state index in [2.05, 4.69) is 15.6 Å². The summed E-state index contributed by atoms with van der Waals surface area (Å²) in [4.78, 5) is 41.7. The van der Waals surface area contributed by atoms with E-state index < -0.39 is 6.03 Å². The lowest BCUT2D eigenvalue weighted by Gasteiger charge is -2.20. The molecule has 8 nitrogen and oxygen atoms in total. The Morgan fingerprint density at radius 1 is 1.13 bits per heavy atom. The van der Waals surface area contributed by atoms with Gasteiger partial charge in [-0.1, -0.05) is 19.1 Å². The lowest BCUT2D eigenvalue weighted by atomic mass is 10.1. The third-order valence-electron chi connectivity index (χ3n) is 5.06. The van der Waals surface area contributed by atoms with Gasteiger partial charge in [0.15, 0.2) is 5.78 Å². The maximum atomic E-state index is 13.2. The molecule has 0 spiro atoms. The van der Waals surface area contributed by atoms with E-state index in [4.69, 9.17) is 4.74 Å². The SMILES string of the molecule is CCC(COC)n1c(C)nc2ccc(NC(=O)Nc3cccc(C(C)=O)c3)cc2c1=O. The summed E-state index contributed by atoms with van der Waals surface area (Å²) < 4.78 is 6.90. The van der Waals surface area contributed by atoms with Crippen molar-refractivity contribution >= 4 is 34.1 Å². The Hall–Kier alpha value is -3.52. The summed E-state index contributed by atoms with van der Waals surface area (Å²) >= 11 is 0. The van der Waals surface area contributed by atoms with E-state index in [1.807, 2.05) is 6.92 Å². The van der Waals surface area contributed by atoms with Gasteiger partial charge in [0.25, 0.3) is 5.56 Å². The van der Waals surface area contributed by atoms with Crippen LogP contribution in [-0.2, 0) is 4.74 Å². The Bertz CT molecular complexity index is 1190. The van der Waals surface area contributed by atoms with Gasteiger partial charge in [0.1, 0.15) is 5.82 Å². The Morgan fingerprint density at radius 3 is 2.48 bits per heavy atom. The van der Waals surface area contributed by atoms with Crippen LogP contribution in [-0.4, -0.2) is 35.1 Å². The Labute approximate surface area is 180 Å². The zero-order valence-electron chi connectivity index (χ0n) is 18.1. The molecule has 2 amide bonds. The fraction of sp³-hybridized carbons (Fsp3) is 0.304. The number of Topliss-reactive ketones (excluding diaryl/α,β-unsaturated/α-hetero) is 1. The highest BCUT2D eigenvalue weighted by Gasteiger charge is 2.16. The van der Waals surface area contributed by atoms with Crippen molar-refractivity contribution in [3.63, 3.8) is 0 Å². The Balaban J connectivity index is 1.88. The van der Waals surface area contributed by atoms with Crippen LogP contribution in [0.3, 0.4) is 0 Å². The van der Waals surface area contributed by atoms with E-state index in [1.165, 1.54) is 6.92 Å². The number of carbonyl (C=O) groups excluding carboxylic acids is 2. The number of ether oxygens (including phenoxy) is 1. The van der Waals surface area contributed by atoms with Crippen LogP contribution < -0.4 is 16.2 Å². The normalized spacial score (nSPS) is 11.9. The second kappa shape index (κ2) is 9.53. The Morgan fingerprint density at radius 2 is 1.84 bits per heavy atom. The summed E-state index contributed by atoms with van der Waals surface area (Å²) in [5.74, 6) is 0.529. The lowest BCUT2D eigenvalue weighted by Crippen LogP contribution is -2.30. The van der Waals surface area contributed by atoms with Crippen molar-refractivity contribution < 1.29 is 14.3 Å². The lowest BCUT2D eigenvalue weighted by molar-refractivity contribution is 0.101. The van der Waals surface area contributed by atoms with Crippen LogP contribution in [0.25, 0.3) is 10.9 Å². The van der Waals surface area contributed by atoms with Crippen LogP contribution in [0.5, 0.6) is 0 Å². The number of nitrogens with one attached hydrogen (secondary N) is 2. The minimum absolute atomic E-state index is 0.0866. The number of nitrogens with zero attached hydrogens (tertiary/aromatic N) is 2. The summed E-state index contributed by atoms with van der Waals surface area (Å²) in [6.45, 7) is 5.66. The smallest absolute Gasteiger partial charge is 0.323 e. The predicted molar refractivity (Wildman–Crippen MR) is 121 cm³/mol. The minimum atomic E-state index is -0.480. The van der Waals surface area contributed by atoms with Crippen molar-refractivity contribution in [3.8, 4) is 0 Å². The largest absolute Gasteiger partial charge is 0.383 e. The molecule has 1 aromatic heterocycles. The first-order valence-electron chi connectivity index (χ1n) is 10.0. The monoisotopic (exact) mass is 422 g/mol. The first kappa shape index (κ1) is 22.2. The number of aromatic nitrogens is 2. The quantitative estimate of drug-likeness (QED) is 0.557. The van der Waals surface area contributed by atoms with Crippen molar-refractivity contribution in [1.29, 1.82) is 0 Å². The molecule has 3 rings (SSSR count). The highest BCUT2D eigenvalue weighted by atomic mass is 16.5. The number of rotatable bonds is 7. The van der Waals surface area contributed by atoms with Gasteiger partial charge in [0.05, 0.1) is 23.6 Å². The van der Waals surface area contributed by atoms with Gasteiger partial charge >= 0.3 is 6.03 Å². The molecule has 0 saturated heterocycles. The van der Waals surface area contributed by atoms with Gasteiger partial charge in [-0.15, -0.1) is 0 Å². The van der Waals surface area contributed by atoms with Crippen molar-refractivity contribution in [2.75, 3.05) is 24.4 Å². The zero-order chi connectivity index (χ0) is 22.5. The number of amides is 2. The van der Waals surface area contributed by atoms with Crippen LogP contribution in [0.15, 0.2) is 47.3 Å². The number of aryl methyl sites for hydroxylation is 1. The molecule has 0 aliphatic carbocycles. The van der Waals surface area contributed by atoms with Crippen molar-refractivity contribution in [2.24, 2.45) is 0 Å². The predicted octanol–water partition coefficient (Wildman–Crippen LogP) is 4.15. The summed E-state index contributed by atoms with van der Waals surface area (Å²) in [5.41, 5.74) is 1.85. The van der Waals surface area contributed by atoms with Crippen LogP contribution in [0, 0.1) is 6.92 Å². The standard InChI is InChI=1S/C23H26N4O4/c1-5-19(13-31-4)27-15(3)24-21-10-9-18(12-20(21)22(27)29)26-23(30)25-17-8-6-7-16(11-17)14(2)28/h6-12,19H,5,13H2,1-4H3,(H2,25,26,30). The summed E-state index contributed by atoms with van der Waals surface area (Å²) in [5, 5.41) is 5.83. The van der Waals surface area contributed by atoms with E-state index in [0.29, 0.717) is 40.3 Å². The number of anilines is 2. The molecule has 31 heavy (non-hydrogen) atoms. The average Bonchev–Trinajstić information content (AvgIpc) is 2.73. The topological polar surface area (TPSA) is 102 Å². The van der Waals surface area contributed by atoms with E-state index >= 15 is 0 Å². The molecule has 0 aliphatic heterocycles. The van der Waals surface area contributed by atoms with Gasteiger partial charge in [-0.2, -0.15) is 0 Å². The van der Waals surface area contributed by atoms with Gasteiger partial charge in [0.2, 0.25) is 0 Å². The van der Waals surface area contributed by atoms with E-state index in [9.17, 15) is 14.4 Å². The molecule has 1 heterocycles. The molecule has 2 aromatic carbocycles. The second-order valence-corrected chi connectivity index (χ2v) is 7.30. The van der Waals surface area contributed by atoms with E-state index in [-0.39, 0.29) is 17.4 Å². The maximum absolute atomic E-state index is 13.2. The van der Waals surface area contributed by atoms with Crippen molar-refractivity contribution in [1.82, 2.24) is 9.55 Å². The molecule has 2 N–H and O–H groups in total. The number of fused-ring (bicyclic) bond motifs is 1. The molecule has 3 aromatic rings. The molecule has 8 heteroatoms. The highest BCUT2D eigenvalue weighted by Crippen LogP contribution is 2.19. The molecule has 162 valence electrons.